The number of anilines is 1. The van der Waals surface area contributed by atoms with E-state index >= 15 is 4.39 Å². The van der Waals surface area contributed by atoms with Crippen molar-refractivity contribution in [2.45, 2.75) is 52.6 Å². The number of hydrogen-bond acceptors (Lipinski definition) is 6. The first-order valence-corrected chi connectivity index (χ1v) is 15.7. The zero-order chi connectivity index (χ0) is 26.0. The van der Waals surface area contributed by atoms with Gasteiger partial charge >= 0.3 is 13.1 Å². The average molecular weight is 509 g/mol. The van der Waals surface area contributed by atoms with Crippen LogP contribution in [0.5, 0.6) is 0 Å². The van der Waals surface area contributed by atoms with Gasteiger partial charge in [-0.15, -0.1) is 5.10 Å². The lowest BCUT2D eigenvalue weighted by atomic mass is 9.84. The highest BCUT2D eigenvalue weighted by atomic mass is 28.3. The first-order chi connectivity index (χ1) is 17.0. The van der Waals surface area contributed by atoms with Crippen molar-refractivity contribution in [1.29, 1.82) is 0 Å². The maximum atomic E-state index is 15.1. The fraction of sp³-hybridized carbons (Fsp3) is 0.400. The van der Waals surface area contributed by atoms with E-state index in [1.807, 2.05) is 42.2 Å². The van der Waals surface area contributed by atoms with Gasteiger partial charge in [-0.1, -0.05) is 56.0 Å². The topological polar surface area (TPSA) is 83.7 Å². The van der Waals surface area contributed by atoms with Crippen molar-refractivity contribution < 1.29 is 18.9 Å². The van der Waals surface area contributed by atoms with Crippen LogP contribution in [0.4, 0.5) is 14.9 Å². The number of nitrogens with zero attached hydrogens (tertiary/aromatic N) is 5. The van der Waals surface area contributed by atoms with Crippen LogP contribution in [-0.4, -0.2) is 65.2 Å². The first kappa shape index (κ1) is 26.1. The van der Waals surface area contributed by atoms with Gasteiger partial charge in [-0.25, -0.2) is 13.9 Å². The third-order valence-electron chi connectivity index (χ3n) is 6.42. The SMILES string of the molecule is CCN(Cc1ccc(-c2ccc(N3C[C@H](Cn4cc([Si](C)(C)C)nn4)OC3=O)cc2F)cc1)B(C)O. The van der Waals surface area contributed by atoms with Crippen molar-refractivity contribution in [2.75, 3.05) is 18.0 Å². The maximum Gasteiger partial charge on any atom is 0.414 e. The Balaban J connectivity index is 1.43. The Kier molecular flexibility index (Phi) is 7.62. The van der Waals surface area contributed by atoms with E-state index < -0.39 is 33.1 Å². The van der Waals surface area contributed by atoms with Crippen molar-refractivity contribution in [1.82, 2.24) is 19.8 Å². The second-order valence-electron chi connectivity index (χ2n) is 10.2. The van der Waals surface area contributed by atoms with Crippen molar-refractivity contribution >= 4 is 32.2 Å². The molecular formula is C25H33BFN5O3Si. The lowest BCUT2D eigenvalue weighted by Gasteiger charge is -2.21. The van der Waals surface area contributed by atoms with E-state index in [0.717, 1.165) is 23.0 Å². The maximum absolute atomic E-state index is 15.1. The Morgan fingerprint density at radius 3 is 2.53 bits per heavy atom. The van der Waals surface area contributed by atoms with Crippen molar-refractivity contribution in [3.63, 3.8) is 0 Å². The van der Waals surface area contributed by atoms with Gasteiger partial charge in [-0.3, -0.25) is 4.90 Å². The minimum absolute atomic E-state index is 0.311. The fourth-order valence-corrected chi connectivity index (χ4v) is 5.09. The van der Waals surface area contributed by atoms with Crippen LogP contribution >= 0.6 is 0 Å². The van der Waals surface area contributed by atoms with Crippen LogP contribution in [0.3, 0.4) is 0 Å². The lowest BCUT2D eigenvalue weighted by molar-refractivity contribution is 0.129. The van der Waals surface area contributed by atoms with Crippen LogP contribution in [-0.2, 0) is 17.8 Å². The molecule has 3 aromatic rings. The van der Waals surface area contributed by atoms with Crippen LogP contribution < -0.4 is 10.2 Å². The summed E-state index contributed by atoms with van der Waals surface area (Å²) in [4.78, 5) is 15.9. The number of carbonyl (C=O) groups excluding carboxylic acids is 1. The molecule has 4 rings (SSSR count). The fourth-order valence-electron chi connectivity index (χ4n) is 4.21. The summed E-state index contributed by atoms with van der Waals surface area (Å²) in [5.41, 5.74) is 2.69. The standard InChI is InChI=1S/C25H33BFN5O3Si/c1-6-30(26(2)34)14-18-7-9-19(10-8-18)22-12-11-20(13-23(22)27)32-16-21(35-25(32)33)15-31-17-24(28-29-31)36(3,4)5/h7-13,17,21,34H,6,14-16H2,1-5H3/t21-/m0/s1. The summed E-state index contributed by atoms with van der Waals surface area (Å²) >= 11 is 0. The average Bonchev–Trinajstić information content (AvgIpc) is 3.44. The Labute approximate surface area is 212 Å². The molecule has 1 aliphatic heterocycles. The van der Waals surface area contributed by atoms with Gasteiger partial charge in [-0.05, 0) is 42.7 Å². The first-order valence-electron chi connectivity index (χ1n) is 12.2. The van der Waals surface area contributed by atoms with E-state index in [9.17, 15) is 9.82 Å². The predicted molar refractivity (Wildman–Crippen MR) is 142 cm³/mol. The predicted octanol–water partition coefficient (Wildman–Crippen LogP) is 3.59. The number of hydrogen-bond donors (Lipinski definition) is 1. The van der Waals surface area contributed by atoms with Gasteiger partial charge in [0.15, 0.2) is 0 Å². The number of rotatable bonds is 9. The summed E-state index contributed by atoms with van der Waals surface area (Å²) in [5.74, 6) is -0.410. The summed E-state index contributed by atoms with van der Waals surface area (Å²) in [6.07, 6.45) is 1.03. The van der Waals surface area contributed by atoms with Gasteiger partial charge in [0.1, 0.15) is 20.0 Å². The molecule has 11 heteroatoms. The molecule has 0 unspecified atom stereocenters. The van der Waals surface area contributed by atoms with E-state index in [1.165, 1.54) is 11.0 Å². The zero-order valence-corrected chi connectivity index (χ0v) is 22.5. The number of carbonyl (C=O) groups is 1. The van der Waals surface area contributed by atoms with Gasteiger partial charge in [0.25, 0.3) is 0 Å². The zero-order valence-electron chi connectivity index (χ0n) is 21.5. The number of aromatic nitrogens is 3. The second-order valence-corrected chi connectivity index (χ2v) is 15.3. The molecule has 0 spiro atoms. The molecule has 190 valence electrons. The Hall–Kier alpha value is -3.02. The Bertz CT molecular complexity index is 1220. The molecule has 0 saturated carbocycles. The molecule has 36 heavy (non-hydrogen) atoms. The van der Waals surface area contributed by atoms with E-state index in [0.29, 0.717) is 30.9 Å². The normalized spacial score (nSPS) is 16.1. The van der Waals surface area contributed by atoms with Gasteiger partial charge < -0.3 is 14.6 Å². The second kappa shape index (κ2) is 10.5. The van der Waals surface area contributed by atoms with Crippen molar-refractivity contribution in [3.05, 3.63) is 60.0 Å². The van der Waals surface area contributed by atoms with Gasteiger partial charge in [0, 0.05) is 18.3 Å². The summed E-state index contributed by atoms with van der Waals surface area (Å²) in [7, 11) is -2.10. The minimum Gasteiger partial charge on any atom is -0.442 e. The molecule has 1 aromatic heterocycles. The molecular weight excluding hydrogens is 476 g/mol. The van der Waals surface area contributed by atoms with Crippen molar-refractivity contribution in [2.24, 2.45) is 0 Å². The van der Waals surface area contributed by atoms with Crippen LogP contribution in [0.25, 0.3) is 11.1 Å². The van der Waals surface area contributed by atoms with Gasteiger partial charge in [-0.2, -0.15) is 0 Å². The number of ether oxygens (including phenoxy) is 1. The largest absolute Gasteiger partial charge is 0.442 e. The van der Waals surface area contributed by atoms with Crippen molar-refractivity contribution in [3.8, 4) is 11.1 Å². The summed E-state index contributed by atoms with van der Waals surface area (Å²) in [6.45, 7) is 12.4. The van der Waals surface area contributed by atoms with E-state index in [2.05, 4.69) is 30.0 Å². The number of amides is 1. The number of cyclic esters (lactones) is 1. The van der Waals surface area contributed by atoms with Crippen LogP contribution in [0.15, 0.2) is 48.7 Å². The highest BCUT2D eigenvalue weighted by molar-refractivity contribution is 6.88. The van der Waals surface area contributed by atoms with E-state index in [4.69, 9.17) is 4.74 Å². The van der Waals surface area contributed by atoms with Crippen LogP contribution in [0.1, 0.15) is 12.5 Å². The number of benzene rings is 2. The summed E-state index contributed by atoms with van der Waals surface area (Å²) in [6, 6.07) is 12.4. The third kappa shape index (κ3) is 5.85. The highest BCUT2D eigenvalue weighted by Crippen LogP contribution is 2.29. The summed E-state index contributed by atoms with van der Waals surface area (Å²) < 4.78 is 22.3. The molecule has 0 aliphatic carbocycles. The molecule has 1 atom stereocenters. The van der Waals surface area contributed by atoms with Crippen LogP contribution in [0, 0.1) is 5.82 Å². The van der Waals surface area contributed by atoms with Crippen LogP contribution in [0.2, 0.25) is 26.5 Å². The quantitative estimate of drug-likeness (QED) is 0.444. The highest BCUT2D eigenvalue weighted by Gasteiger charge is 2.33. The molecule has 1 amide bonds. The molecule has 2 heterocycles. The Morgan fingerprint density at radius 2 is 1.94 bits per heavy atom. The van der Waals surface area contributed by atoms with E-state index in [1.54, 1.807) is 23.6 Å². The third-order valence-corrected chi connectivity index (χ3v) is 8.19. The molecule has 2 aromatic carbocycles. The molecule has 1 N–H and O–H groups in total. The molecule has 0 radical (unpaired) electrons. The Morgan fingerprint density at radius 1 is 1.22 bits per heavy atom. The van der Waals surface area contributed by atoms with Gasteiger partial charge in [0.05, 0.1) is 24.1 Å². The molecule has 1 aliphatic rings. The lowest BCUT2D eigenvalue weighted by Crippen LogP contribution is -2.38. The molecule has 1 saturated heterocycles. The monoisotopic (exact) mass is 509 g/mol. The van der Waals surface area contributed by atoms with Gasteiger partial charge in [0.2, 0.25) is 0 Å². The molecule has 0 bridgehead atoms. The molecule has 8 nitrogen and oxygen atoms in total. The molecule has 1 fully saturated rings. The smallest absolute Gasteiger partial charge is 0.414 e. The van der Waals surface area contributed by atoms with E-state index in [-0.39, 0.29) is 0 Å². The summed E-state index contributed by atoms with van der Waals surface area (Å²) in [5, 5.41) is 19.3. The minimum atomic E-state index is -1.57. The number of halogens is 1.